The zero-order valence-corrected chi connectivity index (χ0v) is 12.2. The van der Waals surface area contributed by atoms with Gasteiger partial charge in [-0.25, -0.2) is 0 Å². The van der Waals surface area contributed by atoms with E-state index in [1.165, 1.54) is 43.5 Å². The van der Waals surface area contributed by atoms with Gasteiger partial charge in [0.1, 0.15) is 0 Å². The van der Waals surface area contributed by atoms with Crippen molar-refractivity contribution < 1.29 is 0 Å². The molecule has 19 heavy (non-hydrogen) atoms. The van der Waals surface area contributed by atoms with Gasteiger partial charge in [-0.05, 0) is 61.6 Å². The van der Waals surface area contributed by atoms with E-state index in [4.69, 9.17) is 5.73 Å². The van der Waals surface area contributed by atoms with Gasteiger partial charge in [-0.1, -0.05) is 19.9 Å². The molecule has 1 fully saturated rings. The highest BCUT2D eigenvalue weighted by molar-refractivity contribution is 5.66. The van der Waals surface area contributed by atoms with Crippen molar-refractivity contribution in [3.05, 3.63) is 23.8 Å². The molecule has 0 spiro atoms. The number of hydrogen-bond donors (Lipinski definition) is 1. The van der Waals surface area contributed by atoms with E-state index in [1.807, 2.05) is 0 Å². The molecule has 104 valence electrons. The van der Waals surface area contributed by atoms with Crippen LogP contribution < -0.4 is 10.6 Å². The van der Waals surface area contributed by atoms with Gasteiger partial charge in [0.2, 0.25) is 0 Å². The van der Waals surface area contributed by atoms with Gasteiger partial charge in [-0.2, -0.15) is 0 Å². The predicted molar refractivity (Wildman–Crippen MR) is 82.5 cm³/mol. The van der Waals surface area contributed by atoms with Gasteiger partial charge in [0.15, 0.2) is 0 Å². The lowest BCUT2D eigenvalue weighted by Crippen LogP contribution is -2.43. The highest BCUT2D eigenvalue weighted by atomic mass is 15.2. The normalized spacial score (nSPS) is 31.1. The Morgan fingerprint density at radius 3 is 2.58 bits per heavy atom. The maximum absolute atomic E-state index is 6.16. The van der Waals surface area contributed by atoms with Crippen LogP contribution in [0.2, 0.25) is 0 Å². The molecule has 2 aliphatic rings. The van der Waals surface area contributed by atoms with Crippen LogP contribution in [0.1, 0.15) is 45.1 Å². The van der Waals surface area contributed by atoms with E-state index >= 15 is 0 Å². The Balaban J connectivity index is 1.89. The van der Waals surface area contributed by atoms with Crippen LogP contribution in [-0.2, 0) is 6.42 Å². The number of rotatable bonds is 1. The molecule has 0 aromatic heterocycles. The van der Waals surface area contributed by atoms with Gasteiger partial charge in [0.25, 0.3) is 0 Å². The smallest absolute Gasteiger partial charge is 0.0421 e. The van der Waals surface area contributed by atoms with E-state index in [1.54, 1.807) is 0 Å². The first-order valence-corrected chi connectivity index (χ1v) is 7.79. The molecule has 1 aliphatic heterocycles. The second-order valence-electron chi connectivity index (χ2n) is 6.71. The molecule has 1 aliphatic carbocycles. The monoisotopic (exact) mass is 258 g/mol. The van der Waals surface area contributed by atoms with Gasteiger partial charge in [0, 0.05) is 24.0 Å². The summed E-state index contributed by atoms with van der Waals surface area (Å²) in [5, 5.41) is 0. The molecule has 0 radical (unpaired) electrons. The van der Waals surface area contributed by atoms with Crippen molar-refractivity contribution in [2.75, 3.05) is 17.2 Å². The zero-order chi connectivity index (χ0) is 13.4. The highest BCUT2D eigenvalue weighted by Gasteiger charge is 2.31. The Morgan fingerprint density at radius 2 is 1.84 bits per heavy atom. The van der Waals surface area contributed by atoms with Crippen molar-refractivity contribution in [1.29, 1.82) is 0 Å². The molecule has 2 atom stereocenters. The maximum Gasteiger partial charge on any atom is 0.0421 e. The molecule has 1 saturated carbocycles. The third-order valence-corrected chi connectivity index (χ3v) is 4.92. The average molecular weight is 258 g/mol. The summed E-state index contributed by atoms with van der Waals surface area (Å²) in [6, 6.07) is 7.16. The minimum atomic E-state index is 0.722. The second kappa shape index (κ2) is 5.07. The fraction of sp³-hybridized carbons (Fsp3) is 0.647. The molecule has 1 aromatic rings. The lowest BCUT2D eigenvalue weighted by Gasteiger charge is -2.43. The predicted octanol–water partition coefficient (Wildman–Crippen LogP) is 3.85. The van der Waals surface area contributed by atoms with E-state index in [0.29, 0.717) is 0 Å². The lowest BCUT2D eigenvalue weighted by molar-refractivity contribution is 0.258. The van der Waals surface area contributed by atoms with Gasteiger partial charge in [-0.15, -0.1) is 0 Å². The minimum Gasteiger partial charge on any atom is -0.398 e. The topological polar surface area (TPSA) is 29.3 Å². The molecule has 2 heteroatoms. The number of nitrogens with zero attached hydrogens (tertiary/aromatic N) is 1. The van der Waals surface area contributed by atoms with Crippen LogP contribution >= 0.6 is 0 Å². The first kappa shape index (κ1) is 12.8. The Hall–Kier alpha value is -1.18. The summed E-state index contributed by atoms with van der Waals surface area (Å²) >= 11 is 0. The van der Waals surface area contributed by atoms with Crippen LogP contribution in [0, 0.1) is 11.8 Å². The maximum atomic E-state index is 6.16. The van der Waals surface area contributed by atoms with Crippen molar-refractivity contribution in [2.24, 2.45) is 11.8 Å². The molecule has 3 rings (SSSR count). The highest BCUT2D eigenvalue weighted by Crippen LogP contribution is 2.38. The summed E-state index contributed by atoms with van der Waals surface area (Å²) in [4.78, 5) is 2.65. The second-order valence-corrected chi connectivity index (χ2v) is 6.71. The van der Waals surface area contributed by atoms with E-state index in [2.05, 4.69) is 36.9 Å². The Bertz CT molecular complexity index is 445. The number of anilines is 2. The van der Waals surface area contributed by atoms with E-state index in [0.717, 1.165) is 30.0 Å². The lowest BCUT2D eigenvalue weighted by atomic mass is 9.79. The van der Waals surface area contributed by atoms with Gasteiger partial charge in [-0.3, -0.25) is 0 Å². The zero-order valence-electron chi connectivity index (χ0n) is 12.2. The summed E-state index contributed by atoms with van der Waals surface area (Å²) in [5.41, 5.74) is 9.95. The third kappa shape index (κ3) is 2.45. The van der Waals surface area contributed by atoms with Crippen molar-refractivity contribution in [3.63, 3.8) is 0 Å². The molecular formula is C17H26N2. The van der Waals surface area contributed by atoms with E-state index < -0.39 is 0 Å². The van der Waals surface area contributed by atoms with Crippen molar-refractivity contribution in [1.82, 2.24) is 0 Å². The number of fused-ring (bicyclic) bond motifs is 1. The Kier molecular flexibility index (Phi) is 3.42. The molecular weight excluding hydrogens is 232 g/mol. The van der Waals surface area contributed by atoms with Gasteiger partial charge in [0.05, 0.1) is 0 Å². The number of benzene rings is 1. The molecule has 0 bridgehead atoms. The molecule has 2 unspecified atom stereocenters. The summed E-state index contributed by atoms with van der Waals surface area (Å²) < 4.78 is 0. The Labute approximate surface area is 117 Å². The van der Waals surface area contributed by atoms with Crippen LogP contribution in [0.4, 0.5) is 11.4 Å². The molecule has 0 amide bonds. The summed E-state index contributed by atoms with van der Waals surface area (Å²) in [7, 11) is 0. The largest absolute Gasteiger partial charge is 0.398 e. The molecule has 1 aromatic carbocycles. The molecule has 1 heterocycles. The van der Waals surface area contributed by atoms with Gasteiger partial charge >= 0.3 is 0 Å². The number of hydrogen-bond acceptors (Lipinski definition) is 2. The van der Waals surface area contributed by atoms with Crippen LogP contribution in [-0.4, -0.2) is 12.6 Å². The summed E-state index contributed by atoms with van der Waals surface area (Å²) in [6.45, 7) is 6.03. The average Bonchev–Trinajstić information content (AvgIpc) is 2.37. The van der Waals surface area contributed by atoms with Crippen molar-refractivity contribution in [3.8, 4) is 0 Å². The standard InChI is InChI=1S/C17H26N2/c1-12-9-13(2)11-14(10-12)19-8-4-5-15-16(18)6-3-7-17(15)19/h3,6-7,12-14H,4-5,8-11,18H2,1-2H3. The van der Waals surface area contributed by atoms with Crippen LogP contribution in [0.5, 0.6) is 0 Å². The summed E-state index contributed by atoms with van der Waals surface area (Å²) in [6.07, 6.45) is 6.49. The van der Waals surface area contributed by atoms with Crippen LogP contribution in [0.3, 0.4) is 0 Å². The minimum absolute atomic E-state index is 0.722. The molecule has 2 N–H and O–H groups in total. The van der Waals surface area contributed by atoms with Crippen molar-refractivity contribution in [2.45, 2.75) is 52.0 Å². The third-order valence-electron chi connectivity index (χ3n) is 4.92. The fourth-order valence-corrected chi connectivity index (χ4v) is 4.22. The van der Waals surface area contributed by atoms with Crippen LogP contribution in [0.15, 0.2) is 18.2 Å². The first-order valence-electron chi connectivity index (χ1n) is 7.79. The molecule has 0 saturated heterocycles. The van der Waals surface area contributed by atoms with Crippen LogP contribution in [0.25, 0.3) is 0 Å². The van der Waals surface area contributed by atoms with Gasteiger partial charge < -0.3 is 10.6 Å². The molecule has 2 nitrogen and oxygen atoms in total. The number of nitrogen functional groups attached to an aromatic ring is 1. The summed E-state index contributed by atoms with van der Waals surface area (Å²) in [5.74, 6) is 1.72. The Morgan fingerprint density at radius 1 is 1.11 bits per heavy atom. The van der Waals surface area contributed by atoms with Crippen molar-refractivity contribution >= 4 is 11.4 Å². The van der Waals surface area contributed by atoms with E-state index in [9.17, 15) is 0 Å². The van der Waals surface area contributed by atoms with E-state index in [-0.39, 0.29) is 0 Å². The first-order chi connectivity index (χ1) is 9.15. The quantitative estimate of drug-likeness (QED) is 0.775. The number of nitrogens with two attached hydrogens (primary N) is 1. The SMILES string of the molecule is CC1CC(C)CC(N2CCCc3c(N)cccc32)C1. The fourth-order valence-electron chi connectivity index (χ4n) is 4.22.